The Balaban J connectivity index is 0.000000710. The van der Waals surface area contributed by atoms with Crippen LogP contribution in [0.2, 0.25) is 0 Å². The number of likely N-dealkylation sites (tertiary alicyclic amines) is 2. The third-order valence-electron chi connectivity index (χ3n) is 10.3. The summed E-state index contributed by atoms with van der Waals surface area (Å²) in [6.45, 7) is 17.0. The molecular formula is C44H68N6O5. The van der Waals surface area contributed by atoms with Crippen molar-refractivity contribution in [3.05, 3.63) is 77.9 Å². The molecule has 11 heteroatoms. The van der Waals surface area contributed by atoms with Gasteiger partial charge in [0.05, 0.1) is 12.6 Å². The highest BCUT2D eigenvalue weighted by Gasteiger charge is 2.38. The number of likely N-dealkylation sites (N-methyl/N-ethyl adjacent to an activating group) is 1. The molecule has 5 rings (SSSR count). The largest absolute Gasteiger partial charge is 0.455 e. The second-order valence-corrected chi connectivity index (χ2v) is 15.3. The van der Waals surface area contributed by atoms with E-state index in [9.17, 15) is 19.2 Å². The lowest BCUT2D eigenvalue weighted by molar-refractivity contribution is -0.158. The van der Waals surface area contributed by atoms with E-state index >= 15 is 0 Å². The molecule has 55 heavy (non-hydrogen) atoms. The summed E-state index contributed by atoms with van der Waals surface area (Å²) in [5.74, 6) is -0.856. The highest BCUT2D eigenvalue weighted by atomic mass is 16.5. The fourth-order valence-electron chi connectivity index (χ4n) is 7.19. The molecule has 304 valence electrons. The number of ether oxygens (including phenoxy) is 1. The summed E-state index contributed by atoms with van der Waals surface area (Å²) >= 11 is 0. The van der Waals surface area contributed by atoms with Crippen molar-refractivity contribution in [2.24, 2.45) is 5.92 Å². The standard InChI is InChI=1S/C35H47N5O5.C6H13N.C3H8/c1-26(2)31(37(4)33(42)23-36-25-41)22-27(3)34(43)40-17-11-16-30(40)35(44)45-32(28-12-7-5-8-13-28)24-38-18-20-39(21-19-38)29-14-9-6-10-15-29;1-7-5-3-2-4-6-7;1-3-2/h5-10,12-15,22,25-26,30-32H,11,16-21,23-24H2,1-4H3,(H,36,41);2-6H2,1H3;3H2,1-2H3/b27-22+;;/t30-,31?,32?;;/m0../s1. The van der Waals surface area contributed by atoms with Crippen LogP contribution in [0.25, 0.3) is 0 Å². The number of carbonyl (C=O) groups is 4. The summed E-state index contributed by atoms with van der Waals surface area (Å²) in [6, 6.07) is 19.2. The Kier molecular flexibility index (Phi) is 20.0. The van der Waals surface area contributed by atoms with Crippen molar-refractivity contribution in [1.82, 2.24) is 24.9 Å². The van der Waals surface area contributed by atoms with E-state index in [1.54, 1.807) is 24.9 Å². The molecule has 0 bridgehead atoms. The first-order valence-electron chi connectivity index (χ1n) is 20.4. The second kappa shape index (κ2) is 24.3. The Hall–Kier alpha value is -4.22. The summed E-state index contributed by atoms with van der Waals surface area (Å²) < 4.78 is 6.23. The number of rotatable bonds is 13. The van der Waals surface area contributed by atoms with Crippen molar-refractivity contribution in [2.75, 3.05) is 77.9 Å². The molecule has 2 aromatic rings. The van der Waals surface area contributed by atoms with E-state index in [0.717, 1.165) is 31.7 Å². The topological polar surface area (TPSA) is 106 Å². The van der Waals surface area contributed by atoms with Gasteiger partial charge in [0, 0.05) is 57.6 Å². The number of hydrogen-bond donors (Lipinski definition) is 1. The van der Waals surface area contributed by atoms with Gasteiger partial charge in [-0.25, -0.2) is 4.79 Å². The van der Waals surface area contributed by atoms with Crippen LogP contribution in [0.1, 0.15) is 84.8 Å². The molecule has 11 nitrogen and oxygen atoms in total. The van der Waals surface area contributed by atoms with Crippen LogP contribution in [-0.2, 0) is 23.9 Å². The summed E-state index contributed by atoms with van der Waals surface area (Å²) in [6.07, 6.45) is 8.59. The van der Waals surface area contributed by atoms with Gasteiger partial charge in [0.2, 0.25) is 18.2 Å². The lowest BCUT2D eigenvalue weighted by Crippen LogP contribution is -2.48. The van der Waals surface area contributed by atoms with Gasteiger partial charge in [-0.2, -0.15) is 0 Å². The number of hydrogen-bond acceptors (Lipinski definition) is 8. The molecule has 2 unspecified atom stereocenters. The number of para-hydroxylation sites is 1. The maximum atomic E-state index is 13.7. The Labute approximate surface area is 331 Å². The zero-order valence-electron chi connectivity index (χ0n) is 34.6. The molecular weight excluding hydrogens is 693 g/mol. The lowest BCUT2D eigenvalue weighted by Gasteiger charge is -2.37. The van der Waals surface area contributed by atoms with Crippen LogP contribution in [0.4, 0.5) is 5.69 Å². The zero-order chi connectivity index (χ0) is 40.2. The van der Waals surface area contributed by atoms with E-state index in [4.69, 9.17) is 4.74 Å². The Morgan fingerprint density at radius 3 is 2.02 bits per heavy atom. The molecule has 3 fully saturated rings. The normalized spacial score (nSPS) is 18.9. The number of anilines is 1. The Morgan fingerprint density at radius 1 is 0.873 bits per heavy atom. The van der Waals surface area contributed by atoms with Gasteiger partial charge in [-0.1, -0.05) is 95.1 Å². The van der Waals surface area contributed by atoms with Crippen LogP contribution in [0, 0.1) is 5.92 Å². The number of piperidine rings is 1. The van der Waals surface area contributed by atoms with Crippen molar-refractivity contribution in [3.8, 4) is 0 Å². The van der Waals surface area contributed by atoms with Gasteiger partial charge in [-0.05, 0) is 76.4 Å². The maximum absolute atomic E-state index is 13.7. The van der Waals surface area contributed by atoms with Gasteiger partial charge in [0.25, 0.3) is 0 Å². The summed E-state index contributed by atoms with van der Waals surface area (Å²) in [5.41, 5.74) is 2.61. The molecule has 0 aliphatic carbocycles. The zero-order valence-corrected chi connectivity index (χ0v) is 34.6. The first-order valence-corrected chi connectivity index (χ1v) is 20.4. The summed E-state index contributed by atoms with van der Waals surface area (Å²) in [5, 5.41) is 2.40. The SMILES string of the molecule is C/C(=C\C(C(C)C)N(C)C(=O)CNC=O)C(=O)N1CCC[C@H]1C(=O)OC(CN1CCN(c2ccccc2)CC1)c1ccccc1.CCC.CN1CCCCC1. The van der Waals surface area contributed by atoms with Crippen LogP contribution < -0.4 is 10.2 Å². The average molecular weight is 761 g/mol. The number of nitrogens with zero attached hydrogens (tertiary/aromatic N) is 5. The minimum atomic E-state index is -0.671. The van der Waals surface area contributed by atoms with Crippen molar-refractivity contribution in [3.63, 3.8) is 0 Å². The third-order valence-corrected chi connectivity index (χ3v) is 10.3. The lowest BCUT2D eigenvalue weighted by atomic mass is 9.99. The first-order chi connectivity index (χ1) is 26.5. The van der Waals surface area contributed by atoms with Crippen LogP contribution in [-0.4, -0.2) is 129 Å². The molecule has 3 amide bonds. The third kappa shape index (κ3) is 14.7. The highest BCUT2D eigenvalue weighted by molar-refractivity contribution is 5.96. The predicted molar refractivity (Wildman–Crippen MR) is 222 cm³/mol. The summed E-state index contributed by atoms with van der Waals surface area (Å²) in [4.78, 5) is 60.9. The fraction of sp³-hybridized carbons (Fsp3) is 0.591. The highest BCUT2D eigenvalue weighted by Crippen LogP contribution is 2.27. The van der Waals surface area contributed by atoms with Gasteiger partial charge in [-0.15, -0.1) is 0 Å². The molecule has 0 aromatic heterocycles. The van der Waals surface area contributed by atoms with Crippen LogP contribution in [0.15, 0.2) is 72.3 Å². The maximum Gasteiger partial charge on any atom is 0.329 e. The molecule has 3 heterocycles. The number of amides is 3. The predicted octanol–water partition coefficient (Wildman–Crippen LogP) is 5.78. The van der Waals surface area contributed by atoms with E-state index in [2.05, 4.69) is 65.2 Å². The Bertz CT molecular complexity index is 1460. The van der Waals surface area contributed by atoms with Crippen molar-refractivity contribution < 1.29 is 23.9 Å². The molecule has 0 spiro atoms. The minimum absolute atomic E-state index is 0.0264. The minimum Gasteiger partial charge on any atom is -0.455 e. The Morgan fingerprint density at radius 2 is 1.47 bits per heavy atom. The van der Waals surface area contributed by atoms with Crippen molar-refractivity contribution in [2.45, 2.75) is 91.3 Å². The fourth-order valence-corrected chi connectivity index (χ4v) is 7.19. The average Bonchev–Trinajstić information content (AvgIpc) is 3.70. The monoisotopic (exact) mass is 761 g/mol. The van der Waals surface area contributed by atoms with Gasteiger partial charge in [0.1, 0.15) is 12.1 Å². The van der Waals surface area contributed by atoms with E-state index in [1.165, 1.54) is 49.4 Å². The molecule has 3 saturated heterocycles. The molecule has 3 aliphatic rings. The van der Waals surface area contributed by atoms with E-state index in [0.29, 0.717) is 37.9 Å². The number of piperazine rings is 1. The van der Waals surface area contributed by atoms with Gasteiger partial charge in [-0.3, -0.25) is 19.3 Å². The number of nitrogens with one attached hydrogen (secondary N) is 1. The van der Waals surface area contributed by atoms with Crippen LogP contribution in [0.5, 0.6) is 0 Å². The number of esters is 1. The molecule has 2 aromatic carbocycles. The van der Waals surface area contributed by atoms with E-state index in [-0.39, 0.29) is 30.3 Å². The van der Waals surface area contributed by atoms with Crippen molar-refractivity contribution in [1.29, 1.82) is 0 Å². The second-order valence-electron chi connectivity index (χ2n) is 15.3. The van der Waals surface area contributed by atoms with Gasteiger partial charge >= 0.3 is 5.97 Å². The van der Waals surface area contributed by atoms with Crippen LogP contribution >= 0.6 is 0 Å². The van der Waals surface area contributed by atoms with Crippen LogP contribution in [0.3, 0.4) is 0 Å². The van der Waals surface area contributed by atoms with Gasteiger partial charge in [0.15, 0.2) is 0 Å². The molecule has 0 radical (unpaired) electrons. The molecule has 3 aliphatic heterocycles. The van der Waals surface area contributed by atoms with Crippen molar-refractivity contribution >= 4 is 29.9 Å². The quantitative estimate of drug-likeness (QED) is 0.156. The molecule has 0 saturated carbocycles. The molecule has 1 N–H and O–H groups in total. The van der Waals surface area contributed by atoms with Gasteiger partial charge < -0.3 is 29.7 Å². The molecule has 3 atom stereocenters. The smallest absolute Gasteiger partial charge is 0.329 e. The summed E-state index contributed by atoms with van der Waals surface area (Å²) in [7, 11) is 3.86. The number of benzene rings is 2. The van der Waals surface area contributed by atoms with E-state index < -0.39 is 18.1 Å². The first kappa shape index (κ1) is 45.2. The number of carbonyl (C=O) groups excluding carboxylic acids is 4. The van der Waals surface area contributed by atoms with E-state index in [1.807, 2.05) is 50.2 Å².